The number of benzene rings is 2. The predicted molar refractivity (Wildman–Crippen MR) is 154 cm³/mol. The van der Waals surface area contributed by atoms with Crippen molar-refractivity contribution >= 4 is 32.8 Å². The molecule has 42 heavy (non-hydrogen) atoms. The lowest BCUT2D eigenvalue weighted by Crippen LogP contribution is -2.46. The summed E-state index contributed by atoms with van der Waals surface area (Å²) in [5, 5.41) is 9.04. The molecule has 0 atom stereocenters. The number of para-hydroxylation sites is 2. The van der Waals surface area contributed by atoms with Crippen LogP contribution in [0.4, 0.5) is 30.5 Å². The van der Waals surface area contributed by atoms with Crippen molar-refractivity contribution in [2.75, 3.05) is 49.4 Å². The molecule has 1 aliphatic rings. The normalized spacial score (nSPS) is 15.3. The number of nitrogens with zero attached hydrogens (tertiary/aromatic N) is 3. The monoisotopic (exact) mass is 610 g/mol. The highest BCUT2D eigenvalue weighted by atomic mass is 32.3. The van der Waals surface area contributed by atoms with Crippen molar-refractivity contribution in [1.82, 2.24) is 20.6 Å². The van der Waals surface area contributed by atoms with E-state index >= 15 is 0 Å². The molecule has 1 saturated heterocycles. The van der Waals surface area contributed by atoms with Crippen molar-refractivity contribution in [3.63, 3.8) is 0 Å². The Morgan fingerprint density at radius 1 is 1.14 bits per heavy atom. The van der Waals surface area contributed by atoms with Gasteiger partial charge in [0.25, 0.3) is 5.91 Å². The highest BCUT2D eigenvalue weighted by molar-refractivity contribution is 8.15. The van der Waals surface area contributed by atoms with Crippen LogP contribution < -0.4 is 29.7 Å². The molecule has 0 saturated carbocycles. The van der Waals surface area contributed by atoms with Crippen molar-refractivity contribution < 1.29 is 36.2 Å². The Labute approximate surface area is 241 Å². The van der Waals surface area contributed by atoms with Gasteiger partial charge >= 0.3 is 6.18 Å². The van der Waals surface area contributed by atoms with Gasteiger partial charge in [-0.2, -0.15) is 22.4 Å². The van der Waals surface area contributed by atoms with Gasteiger partial charge in [0.1, 0.15) is 11.3 Å². The van der Waals surface area contributed by atoms with Gasteiger partial charge in [-0.05, 0) is 56.3 Å². The molecule has 0 bridgehead atoms. The number of carbonyl (C=O) groups excluding carboxylic acids is 1. The molecular formula is C27H33F3N6O5S. The van der Waals surface area contributed by atoms with E-state index in [-0.39, 0.29) is 35.1 Å². The van der Waals surface area contributed by atoms with Crippen LogP contribution in [0.2, 0.25) is 0 Å². The number of nitrogens with one attached hydrogen (secondary N) is 3. The van der Waals surface area contributed by atoms with E-state index in [9.17, 15) is 26.7 Å². The Bertz CT molecular complexity index is 1510. The second kappa shape index (κ2) is 11.7. The molecule has 0 aliphatic carbocycles. The first kappa shape index (κ1) is 31.0. The highest BCUT2D eigenvalue weighted by Crippen LogP contribution is 2.41. The van der Waals surface area contributed by atoms with Gasteiger partial charge in [0.05, 0.1) is 18.5 Å². The first-order chi connectivity index (χ1) is 19.6. The van der Waals surface area contributed by atoms with Crippen LogP contribution in [0, 0.1) is 0 Å². The SMILES string of the molecule is COc1cc(C(=O)NC2CCNCC2)ccc1Nc1ncc(C(F)(F)F)c(Oc2ccccc2N(C)S(C)(C)(=O)O)n1. The van der Waals surface area contributed by atoms with Crippen LogP contribution >= 0.6 is 0 Å². The second-order valence-corrected chi connectivity index (χ2v) is 14.2. The van der Waals surface area contributed by atoms with E-state index in [0.29, 0.717) is 17.4 Å². The molecule has 15 heteroatoms. The zero-order valence-electron chi connectivity index (χ0n) is 23.5. The van der Waals surface area contributed by atoms with Crippen LogP contribution in [0.1, 0.15) is 28.8 Å². The topological polar surface area (TPSA) is 138 Å². The van der Waals surface area contributed by atoms with Gasteiger partial charge < -0.3 is 25.4 Å². The number of halogens is 3. The number of alkyl halides is 3. The molecule has 0 spiro atoms. The number of piperidine rings is 1. The molecule has 1 amide bonds. The van der Waals surface area contributed by atoms with Crippen molar-refractivity contribution in [3.8, 4) is 17.4 Å². The molecule has 2 aromatic carbocycles. The number of methoxy groups -OCH3 is 1. The average molecular weight is 611 g/mol. The first-order valence-electron chi connectivity index (χ1n) is 12.9. The van der Waals surface area contributed by atoms with Crippen molar-refractivity contribution in [1.29, 1.82) is 0 Å². The smallest absolute Gasteiger partial charge is 0.423 e. The first-order valence-corrected chi connectivity index (χ1v) is 15.6. The summed E-state index contributed by atoms with van der Waals surface area (Å²) in [4.78, 5) is 20.5. The number of aromatic nitrogens is 2. The fraction of sp³-hybridized carbons (Fsp3) is 0.370. The maximum absolute atomic E-state index is 13.9. The molecule has 1 fully saturated rings. The standard InChI is InChI=1S/C27H33F3N6O5S/c1-36(42(3,4,38)39)21-7-5-6-8-22(21)41-25-19(27(28,29)30)16-32-26(35-25)34-20-10-9-17(15-23(20)40-2)24(37)33-18-11-13-31-14-12-18/h5-10,15-16,18,31H,11-14H2,1-4H3,(H,33,37)(H,38,39)(H,32,34,35). The summed E-state index contributed by atoms with van der Waals surface area (Å²) < 4.78 is 76.9. The quantitative estimate of drug-likeness (QED) is 0.277. The van der Waals surface area contributed by atoms with Crippen LogP contribution in [0.3, 0.4) is 0 Å². The van der Waals surface area contributed by atoms with E-state index in [1.165, 1.54) is 44.5 Å². The predicted octanol–water partition coefficient (Wildman–Crippen LogP) is 4.43. The van der Waals surface area contributed by atoms with E-state index in [2.05, 4.69) is 25.9 Å². The molecule has 1 aliphatic heterocycles. The zero-order valence-corrected chi connectivity index (χ0v) is 24.3. The van der Waals surface area contributed by atoms with Gasteiger partial charge in [0.15, 0.2) is 5.75 Å². The molecule has 0 radical (unpaired) electrons. The minimum atomic E-state index is -4.86. The van der Waals surface area contributed by atoms with E-state index in [1.807, 2.05) is 0 Å². The minimum absolute atomic E-state index is 0.0517. The van der Waals surface area contributed by atoms with E-state index < -0.39 is 27.2 Å². The summed E-state index contributed by atoms with van der Waals surface area (Å²) in [6.45, 7) is 1.63. The summed E-state index contributed by atoms with van der Waals surface area (Å²) >= 11 is 0. The number of carbonyl (C=O) groups is 1. The summed E-state index contributed by atoms with van der Waals surface area (Å²) in [5.74, 6) is -1.24. The maximum Gasteiger partial charge on any atom is 0.423 e. The van der Waals surface area contributed by atoms with Gasteiger partial charge in [-0.15, -0.1) is 9.53 Å². The third-order valence-corrected chi connectivity index (χ3v) is 8.40. The lowest BCUT2D eigenvalue weighted by atomic mass is 10.1. The minimum Gasteiger partial charge on any atom is -0.495 e. The number of rotatable bonds is 9. The van der Waals surface area contributed by atoms with Crippen LogP contribution in [-0.4, -0.2) is 70.4 Å². The van der Waals surface area contributed by atoms with Gasteiger partial charge in [-0.3, -0.25) is 13.7 Å². The third kappa shape index (κ3) is 7.46. The van der Waals surface area contributed by atoms with Crippen molar-refractivity contribution in [2.45, 2.75) is 25.1 Å². The Kier molecular flexibility index (Phi) is 8.66. The van der Waals surface area contributed by atoms with Gasteiger partial charge in [-0.25, -0.2) is 4.98 Å². The number of anilines is 3. The summed E-state index contributed by atoms with van der Waals surface area (Å²) in [7, 11) is -1.60. The Balaban J connectivity index is 1.63. The molecule has 2 heterocycles. The molecule has 228 valence electrons. The van der Waals surface area contributed by atoms with Crippen LogP contribution in [0.5, 0.6) is 17.4 Å². The van der Waals surface area contributed by atoms with Crippen molar-refractivity contribution in [2.24, 2.45) is 0 Å². The van der Waals surface area contributed by atoms with E-state index in [0.717, 1.165) is 42.7 Å². The Morgan fingerprint density at radius 3 is 2.48 bits per heavy atom. The molecule has 4 N–H and O–H groups in total. The fourth-order valence-electron chi connectivity index (χ4n) is 4.18. The average Bonchev–Trinajstić information content (AvgIpc) is 2.92. The van der Waals surface area contributed by atoms with Crippen molar-refractivity contribution in [3.05, 3.63) is 59.8 Å². The summed E-state index contributed by atoms with van der Waals surface area (Å²) in [5.41, 5.74) is -0.540. The van der Waals surface area contributed by atoms with Crippen LogP contribution in [0.25, 0.3) is 0 Å². The van der Waals surface area contributed by atoms with E-state index in [1.54, 1.807) is 12.1 Å². The van der Waals surface area contributed by atoms with Gasteiger partial charge in [0, 0.05) is 37.4 Å². The highest BCUT2D eigenvalue weighted by Gasteiger charge is 2.37. The van der Waals surface area contributed by atoms with Gasteiger partial charge in [0.2, 0.25) is 11.8 Å². The second-order valence-electron chi connectivity index (χ2n) is 10.2. The number of hydrogen-bond donors (Lipinski definition) is 4. The van der Waals surface area contributed by atoms with Crippen LogP contribution in [-0.2, 0) is 15.7 Å². The summed E-state index contributed by atoms with van der Waals surface area (Å²) in [6.07, 6.45) is -0.444. The zero-order chi connectivity index (χ0) is 30.7. The molecular weight excluding hydrogens is 577 g/mol. The molecule has 4 rings (SSSR count). The number of ether oxygens (including phenoxy) is 2. The Hall–Kier alpha value is -3.95. The lowest BCUT2D eigenvalue weighted by Gasteiger charge is -2.44. The lowest BCUT2D eigenvalue weighted by molar-refractivity contribution is -0.139. The third-order valence-electron chi connectivity index (χ3n) is 6.64. The summed E-state index contributed by atoms with van der Waals surface area (Å²) in [6, 6.07) is 10.5. The molecule has 3 aromatic rings. The van der Waals surface area contributed by atoms with E-state index in [4.69, 9.17) is 9.47 Å². The van der Waals surface area contributed by atoms with Gasteiger partial charge in [-0.1, -0.05) is 12.1 Å². The van der Waals surface area contributed by atoms with Crippen LogP contribution in [0.15, 0.2) is 48.7 Å². The number of amides is 1. The number of hydrogen-bond acceptors (Lipinski definition) is 8. The molecule has 1 aromatic heterocycles. The molecule has 0 unspecified atom stereocenters. The Morgan fingerprint density at radius 2 is 1.83 bits per heavy atom. The largest absolute Gasteiger partial charge is 0.495 e. The fourth-order valence-corrected chi connectivity index (χ4v) is 4.89. The molecule has 11 nitrogen and oxygen atoms in total. The maximum atomic E-state index is 13.9.